The Morgan fingerprint density at radius 1 is 0.931 bits per heavy atom. The van der Waals surface area contributed by atoms with Gasteiger partial charge in [-0.05, 0) is 41.3 Å². The molecule has 4 aromatic heterocycles. The van der Waals surface area contributed by atoms with Gasteiger partial charge in [0.15, 0.2) is 0 Å². The minimum atomic E-state index is 0.930. The van der Waals surface area contributed by atoms with Crippen LogP contribution in [0.1, 0.15) is 0 Å². The maximum absolute atomic E-state index is 4.62. The summed E-state index contributed by atoms with van der Waals surface area (Å²) >= 11 is 1.76. The second kappa shape index (κ2) is 6.18. The molecule has 0 unspecified atom stereocenters. The molecule has 0 amide bonds. The first-order chi connectivity index (χ1) is 14.3. The molecule has 140 valence electrons. The minimum absolute atomic E-state index is 0.930. The van der Waals surface area contributed by atoms with Gasteiger partial charge in [-0.1, -0.05) is 24.3 Å². The SMILES string of the molecule is Cn1cc(-c2ccc3[nH]nc(-c4cc5c(-c6cccs6)cccc5[nH]4)c3c2)cn1. The molecule has 0 spiro atoms. The number of hydrogen-bond donors (Lipinski definition) is 2. The molecule has 0 aliphatic heterocycles. The van der Waals surface area contributed by atoms with Gasteiger partial charge in [0.2, 0.25) is 0 Å². The Labute approximate surface area is 170 Å². The van der Waals surface area contributed by atoms with Crippen molar-refractivity contribution < 1.29 is 0 Å². The van der Waals surface area contributed by atoms with Crippen molar-refractivity contribution in [2.24, 2.45) is 7.05 Å². The van der Waals surface area contributed by atoms with Crippen molar-refractivity contribution in [3.8, 4) is 33.0 Å². The van der Waals surface area contributed by atoms with E-state index in [9.17, 15) is 0 Å². The molecule has 2 aromatic carbocycles. The van der Waals surface area contributed by atoms with Crippen LogP contribution in [0.2, 0.25) is 0 Å². The minimum Gasteiger partial charge on any atom is -0.353 e. The summed E-state index contributed by atoms with van der Waals surface area (Å²) in [6.07, 6.45) is 3.91. The van der Waals surface area contributed by atoms with Gasteiger partial charge in [0.05, 0.1) is 17.4 Å². The van der Waals surface area contributed by atoms with E-state index in [0.29, 0.717) is 0 Å². The fourth-order valence-electron chi connectivity index (χ4n) is 3.90. The molecule has 6 rings (SSSR count). The number of hydrogen-bond acceptors (Lipinski definition) is 3. The van der Waals surface area contributed by atoms with Gasteiger partial charge in [0, 0.05) is 45.5 Å². The third-order valence-electron chi connectivity index (χ3n) is 5.31. The first-order valence-corrected chi connectivity index (χ1v) is 10.3. The third-order valence-corrected chi connectivity index (χ3v) is 6.21. The summed E-state index contributed by atoms with van der Waals surface area (Å²) in [5, 5.41) is 16.5. The van der Waals surface area contributed by atoms with Crippen molar-refractivity contribution in [3.05, 3.63) is 72.4 Å². The number of aromatic nitrogens is 5. The molecule has 5 nitrogen and oxygen atoms in total. The van der Waals surface area contributed by atoms with Gasteiger partial charge in [-0.25, -0.2) is 0 Å². The van der Waals surface area contributed by atoms with Crippen LogP contribution in [0.4, 0.5) is 0 Å². The molecule has 6 aromatic rings. The molecular formula is C23H17N5S. The number of nitrogens with one attached hydrogen (secondary N) is 2. The molecule has 6 heteroatoms. The van der Waals surface area contributed by atoms with Crippen molar-refractivity contribution in [2.45, 2.75) is 0 Å². The number of aromatic amines is 2. The summed E-state index contributed by atoms with van der Waals surface area (Å²) in [6.45, 7) is 0. The second-order valence-electron chi connectivity index (χ2n) is 7.16. The molecule has 29 heavy (non-hydrogen) atoms. The monoisotopic (exact) mass is 395 g/mol. The lowest BCUT2D eigenvalue weighted by molar-refractivity contribution is 0.768. The summed E-state index contributed by atoms with van der Waals surface area (Å²) in [6, 6.07) is 19.2. The molecule has 0 radical (unpaired) electrons. The fourth-order valence-corrected chi connectivity index (χ4v) is 4.66. The topological polar surface area (TPSA) is 62.3 Å². The lowest BCUT2D eigenvalue weighted by atomic mass is 10.0. The summed E-state index contributed by atoms with van der Waals surface area (Å²) in [7, 11) is 1.93. The molecule has 0 atom stereocenters. The van der Waals surface area contributed by atoms with Gasteiger partial charge in [-0.15, -0.1) is 11.3 Å². The van der Waals surface area contributed by atoms with Crippen LogP contribution in [0.15, 0.2) is 72.4 Å². The summed E-state index contributed by atoms with van der Waals surface area (Å²) in [5.74, 6) is 0. The number of thiophene rings is 1. The molecule has 4 heterocycles. The number of benzene rings is 2. The smallest absolute Gasteiger partial charge is 0.116 e. The Bertz CT molecular complexity index is 1470. The predicted molar refractivity (Wildman–Crippen MR) is 119 cm³/mol. The average molecular weight is 395 g/mol. The Morgan fingerprint density at radius 3 is 2.72 bits per heavy atom. The largest absolute Gasteiger partial charge is 0.353 e. The van der Waals surface area contributed by atoms with Crippen molar-refractivity contribution in [2.75, 3.05) is 0 Å². The number of nitrogens with zero attached hydrogens (tertiary/aromatic N) is 3. The van der Waals surface area contributed by atoms with Crippen LogP contribution in [-0.2, 0) is 7.05 Å². The van der Waals surface area contributed by atoms with E-state index >= 15 is 0 Å². The average Bonchev–Trinajstić information content (AvgIpc) is 3.51. The van der Waals surface area contributed by atoms with E-state index in [2.05, 4.69) is 80.3 Å². The highest BCUT2D eigenvalue weighted by molar-refractivity contribution is 7.13. The number of rotatable bonds is 3. The van der Waals surface area contributed by atoms with Crippen molar-refractivity contribution in [1.82, 2.24) is 25.0 Å². The normalized spacial score (nSPS) is 11.6. The van der Waals surface area contributed by atoms with Crippen molar-refractivity contribution in [3.63, 3.8) is 0 Å². The Hall–Kier alpha value is -3.64. The van der Waals surface area contributed by atoms with Gasteiger partial charge in [-0.2, -0.15) is 10.2 Å². The first-order valence-electron chi connectivity index (χ1n) is 9.39. The highest BCUT2D eigenvalue weighted by atomic mass is 32.1. The van der Waals surface area contributed by atoms with Crippen molar-refractivity contribution >= 4 is 33.1 Å². The zero-order valence-corrected chi connectivity index (χ0v) is 16.5. The van der Waals surface area contributed by atoms with Crippen LogP contribution in [0, 0.1) is 0 Å². The molecule has 0 bridgehead atoms. The highest BCUT2D eigenvalue weighted by Crippen LogP contribution is 2.36. The molecule has 0 saturated heterocycles. The van der Waals surface area contributed by atoms with Crippen LogP contribution in [0.5, 0.6) is 0 Å². The van der Waals surface area contributed by atoms with Crippen LogP contribution in [0.25, 0.3) is 54.8 Å². The Morgan fingerprint density at radius 2 is 1.90 bits per heavy atom. The predicted octanol–water partition coefficient (Wildman–Crippen LogP) is 5.84. The zero-order valence-electron chi connectivity index (χ0n) is 15.7. The second-order valence-corrected chi connectivity index (χ2v) is 8.11. The molecule has 0 fully saturated rings. The van der Waals surface area contributed by atoms with Gasteiger partial charge in [0.1, 0.15) is 5.69 Å². The molecular weight excluding hydrogens is 378 g/mol. The summed E-state index contributed by atoms with van der Waals surface area (Å²) in [4.78, 5) is 4.83. The van der Waals surface area contributed by atoms with Gasteiger partial charge < -0.3 is 4.98 Å². The van der Waals surface area contributed by atoms with Gasteiger partial charge in [0.25, 0.3) is 0 Å². The van der Waals surface area contributed by atoms with E-state index in [1.165, 1.54) is 15.8 Å². The molecule has 0 aliphatic rings. The lowest BCUT2D eigenvalue weighted by Crippen LogP contribution is -1.84. The van der Waals surface area contributed by atoms with Crippen LogP contribution in [0.3, 0.4) is 0 Å². The highest BCUT2D eigenvalue weighted by Gasteiger charge is 2.14. The lowest BCUT2D eigenvalue weighted by Gasteiger charge is -1.99. The molecule has 2 N–H and O–H groups in total. The van der Waals surface area contributed by atoms with Crippen LogP contribution >= 0.6 is 11.3 Å². The van der Waals surface area contributed by atoms with E-state index in [-0.39, 0.29) is 0 Å². The van der Waals surface area contributed by atoms with Gasteiger partial charge in [-0.3, -0.25) is 9.78 Å². The van der Waals surface area contributed by atoms with E-state index in [1.54, 1.807) is 11.3 Å². The number of H-pyrrole nitrogens is 2. The zero-order chi connectivity index (χ0) is 19.4. The quantitative estimate of drug-likeness (QED) is 0.395. The number of aryl methyl sites for hydroxylation is 1. The van der Waals surface area contributed by atoms with E-state index in [0.717, 1.165) is 38.9 Å². The van der Waals surface area contributed by atoms with E-state index in [4.69, 9.17) is 0 Å². The third kappa shape index (κ3) is 2.61. The van der Waals surface area contributed by atoms with Gasteiger partial charge >= 0.3 is 0 Å². The maximum Gasteiger partial charge on any atom is 0.116 e. The number of fused-ring (bicyclic) bond motifs is 2. The van der Waals surface area contributed by atoms with Crippen molar-refractivity contribution in [1.29, 1.82) is 0 Å². The van der Waals surface area contributed by atoms with E-state index < -0.39 is 0 Å². The summed E-state index contributed by atoms with van der Waals surface area (Å²) in [5.41, 5.74) is 7.55. The standard InChI is InChI=1S/C23H17N5S/c1-28-13-15(12-24-28)14-7-8-20-18(10-14)23(27-26-20)21-11-17-16(22-6-3-9-29-22)4-2-5-19(17)25-21/h2-13,25H,1H3,(H,26,27). The van der Waals surface area contributed by atoms with E-state index in [1.807, 2.05) is 24.1 Å². The summed E-state index contributed by atoms with van der Waals surface area (Å²) < 4.78 is 1.82. The first kappa shape index (κ1) is 16.3. The Balaban J connectivity index is 1.53. The maximum atomic E-state index is 4.62. The Kier molecular flexibility index (Phi) is 3.48. The van der Waals surface area contributed by atoms with Crippen LogP contribution in [-0.4, -0.2) is 25.0 Å². The molecule has 0 saturated carbocycles. The molecule has 0 aliphatic carbocycles. The fraction of sp³-hybridized carbons (Fsp3) is 0.0435. The van der Waals surface area contributed by atoms with Crippen LogP contribution < -0.4 is 0 Å².